The molecule has 0 aliphatic carbocycles. The first-order valence-electron chi connectivity index (χ1n) is 3.99. The lowest BCUT2D eigenvalue weighted by Crippen LogP contribution is -2.21. The Hall–Kier alpha value is -0.580. The van der Waals surface area contributed by atoms with Gasteiger partial charge in [-0.3, -0.25) is 0 Å². The molecule has 9 heteroatoms. The minimum absolute atomic E-state index is 0.124. The van der Waals surface area contributed by atoms with Gasteiger partial charge < -0.3 is 9.84 Å². The molecular weight excluding hydrogens is 422 g/mol. The van der Waals surface area contributed by atoms with Crippen molar-refractivity contribution >= 4 is 44.5 Å². The highest BCUT2D eigenvalue weighted by atomic mass is 127. The standard InChI is InChI=1S/C8H4BrF3INO3/c9-2-3-1-4(13)5(7(15)16)6(14-3)17-8(10,11)12/h1H,2H2,(H,15,16). The van der Waals surface area contributed by atoms with Crippen molar-refractivity contribution in [3.05, 3.63) is 20.9 Å². The topological polar surface area (TPSA) is 59.4 Å². The summed E-state index contributed by atoms with van der Waals surface area (Å²) in [6.07, 6.45) is -4.98. The van der Waals surface area contributed by atoms with Gasteiger partial charge in [0.2, 0.25) is 5.88 Å². The number of ether oxygens (including phenoxy) is 1. The average molecular weight is 426 g/mol. The highest BCUT2D eigenvalue weighted by Gasteiger charge is 2.34. The van der Waals surface area contributed by atoms with E-state index < -0.39 is 23.8 Å². The molecule has 1 N–H and O–H groups in total. The monoisotopic (exact) mass is 425 g/mol. The predicted molar refractivity (Wildman–Crippen MR) is 63.2 cm³/mol. The Labute approximate surface area is 115 Å². The molecule has 1 aromatic heterocycles. The molecule has 1 aromatic rings. The van der Waals surface area contributed by atoms with E-state index in [1.807, 2.05) is 0 Å². The Kier molecular flexibility index (Phi) is 4.58. The van der Waals surface area contributed by atoms with Gasteiger partial charge in [0.1, 0.15) is 5.56 Å². The van der Waals surface area contributed by atoms with Crippen LogP contribution in [0.15, 0.2) is 6.07 Å². The molecule has 1 heterocycles. The first-order valence-corrected chi connectivity index (χ1v) is 6.19. The molecule has 17 heavy (non-hydrogen) atoms. The molecule has 0 atom stereocenters. The molecule has 0 aliphatic heterocycles. The third-order valence-corrected chi connectivity index (χ3v) is 2.98. The second-order valence-electron chi connectivity index (χ2n) is 2.76. The fraction of sp³-hybridized carbons (Fsp3) is 0.250. The number of hydrogen-bond donors (Lipinski definition) is 1. The van der Waals surface area contributed by atoms with E-state index in [0.29, 0.717) is 0 Å². The van der Waals surface area contributed by atoms with Gasteiger partial charge in [-0.2, -0.15) is 0 Å². The van der Waals surface area contributed by atoms with E-state index in [1.165, 1.54) is 6.07 Å². The average Bonchev–Trinajstić information content (AvgIpc) is 2.13. The van der Waals surface area contributed by atoms with Crippen LogP contribution in [0.3, 0.4) is 0 Å². The van der Waals surface area contributed by atoms with Gasteiger partial charge in [0.25, 0.3) is 0 Å². The Morgan fingerprint density at radius 3 is 2.59 bits per heavy atom. The fourth-order valence-corrected chi connectivity index (χ4v) is 2.09. The van der Waals surface area contributed by atoms with Crippen molar-refractivity contribution in [2.24, 2.45) is 0 Å². The summed E-state index contributed by atoms with van der Waals surface area (Å²) in [7, 11) is 0. The molecule has 0 aromatic carbocycles. The number of pyridine rings is 1. The number of hydrogen-bond acceptors (Lipinski definition) is 3. The van der Waals surface area contributed by atoms with Gasteiger partial charge in [-0.25, -0.2) is 9.78 Å². The van der Waals surface area contributed by atoms with Crippen molar-refractivity contribution < 1.29 is 27.8 Å². The van der Waals surface area contributed by atoms with E-state index >= 15 is 0 Å². The Morgan fingerprint density at radius 1 is 1.59 bits per heavy atom. The first kappa shape index (κ1) is 14.5. The highest BCUT2D eigenvalue weighted by molar-refractivity contribution is 14.1. The zero-order valence-corrected chi connectivity index (χ0v) is 11.6. The molecule has 1 rings (SSSR count). The lowest BCUT2D eigenvalue weighted by atomic mass is 10.2. The predicted octanol–water partition coefficient (Wildman–Crippen LogP) is 3.18. The van der Waals surface area contributed by atoms with Gasteiger partial charge in [0, 0.05) is 8.90 Å². The van der Waals surface area contributed by atoms with Crippen LogP contribution in [0, 0.1) is 3.57 Å². The number of alkyl halides is 4. The van der Waals surface area contributed by atoms with Crippen molar-refractivity contribution in [1.82, 2.24) is 4.98 Å². The van der Waals surface area contributed by atoms with E-state index in [9.17, 15) is 18.0 Å². The van der Waals surface area contributed by atoms with Gasteiger partial charge in [0.05, 0.1) is 5.69 Å². The van der Waals surface area contributed by atoms with Crippen LogP contribution in [0.4, 0.5) is 13.2 Å². The first-order chi connectivity index (χ1) is 7.74. The second kappa shape index (κ2) is 5.38. The summed E-state index contributed by atoms with van der Waals surface area (Å²) in [5.74, 6) is -2.48. The number of carbonyl (C=O) groups is 1. The van der Waals surface area contributed by atoms with E-state index in [2.05, 4.69) is 25.7 Å². The van der Waals surface area contributed by atoms with Crippen LogP contribution in [-0.2, 0) is 5.33 Å². The van der Waals surface area contributed by atoms with Crippen molar-refractivity contribution in [2.45, 2.75) is 11.7 Å². The summed E-state index contributed by atoms with van der Waals surface area (Å²) in [6, 6.07) is 1.36. The molecule has 4 nitrogen and oxygen atoms in total. The maximum Gasteiger partial charge on any atom is 0.574 e. The lowest BCUT2D eigenvalue weighted by molar-refractivity contribution is -0.276. The van der Waals surface area contributed by atoms with Crippen LogP contribution < -0.4 is 4.74 Å². The summed E-state index contributed by atoms with van der Waals surface area (Å²) in [5.41, 5.74) is -0.355. The fourth-order valence-electron chi connectivity index (χ4n) is 0.985. The maximum atomic E-state index is 12.1. The summed E-state index contributed by atoms with van der Waals surface area (Å²) < 4.78 is 40.0. The zero-order valence-electron chi connectivity index (χ0n) is 7.89. The Balaban J connectivity index is 3.32. The molecule has 0 saturated heterocycles. The van der Waals surface area contributed by atoms with E-state index in [0.717, 1.165) is 0 Å². The van der Waals surface area contributed by atoms with Crippen LogP contribution in [0.25, 0.3) is 0 Å². The largest absolute Gasteiger partial charge is 0.574 e. The molecule has 0 radical (unpaired) electrons. The third-order valence-electron chi connectivity index (χ3n) is 1.55. The normalized spacial score (nSPS) is 11.4. The Bertz CT molecular complexity index is 452. The van der Waals surface area contributed by atoms with Crippen LogP contribution in [0.5, 0.6) is 5.88 Å². The van der Waals surface area contributed by atoms with Crippen molar-refractivity contribution in [3.63, 3.8) is 0 Å². The molecule has 0 bridgehead atoms. The number of aromatic nitrogens is 1. The van der Waals surface area contributed by atoms with Crippen molar-refractivity contribution in [1.29, 1.82) is 0 Å². The third kappa shape index (κ3) is 3.98. The number of rotatable bonds is 3. The second-order valence-corrected chi connectivity index (χ2v) is 4.49. The summed E-state index contributed by atoms with van der Waals surface area (Å²) in [4.78, 5) is 14.3. The number of aromatic carboxylic acids is 1. The number of halogens is 5. The van der Waals surface area contributed by atoms with Crippen molar-refractivity contribution in [2.75, 3.05) is 0 Å². The summed E-state index contributed by atoms with van der Waals surface area (Å²) >= 11 is 4.63. The van der Waals surface area contributed by atoms with Gasteiger partial charge in [-0.05, 0) is 28.7 Å². The smallest absolute Gasteiger partial charge is 0.477 e. The molecule has 0 saturated carbocycles. The molecule has 0 unspecified atom stereocenters. The maximum absolute atomic E-state index is 12.1. The van der Waals surface area contributed by atoms with Crippen LogP contribution in [0.1, 0.15) is 16.1 Å². The number of carboxylic acids is 1. The van der Waals surface area contributed by atoms with E-state index in [1.54, 1.807) is 22.6 Å². The van der Waals surface area contributed by atoms with Crippen molar-refractivity contribution in [3.8, 4) is 5.88 Å². The minimum atomic E-state index is -4.98. The molecule has 0 amide bonds. The number of carboxylic acid groups (broad SMARTS) is 1. The molecule has 0 spiro atoms. The van der Waals surface area contributed by atoms with Gasteiger partial charge in [-0.1, -0.05) is 15.9 Å². The van der Waals surface area contributed by atoms with Crippen LogP contribution >= 0.6 is 38.5 Å². The molecule has 0 aliphatic rings. The number of nitrogens with zero attached hydrogens (tertiary/aromatic N) is 1. The SMILES string of the molecule is O=C(O)c1c(I)cc(CBr)nc1OC(F)(F)F. The van der Waals surface area contributed by atoms with E-state index in [4.69, 9.17) is 5.11 Å². The van der Waals surface area contributed by atoms with Gasteiger partial charge in [-0.15, -0.1) is 13.2 Å². The zero-order chi connectivity index (χ0) is 13.2. The summed E-state index contributed by atoms with van der Waals surface area (Å²) in [5, 5.41) is 8.99. The molecule has 94 valence electrons. The summed E-state index contributed by atoms with van der Waals surface area (Å²) in [6.45, 7) is 0. The molecule has 0 fully saturated rings. The highest BCUT2D eigenvalue weighted by Crippen LogP contribution is 2.28. The Morgan fingerprint density at radius 2 is 2.18 bits per heavy atom. The van der Waals surface area contributed by atoms with Crippen LogP contribution in [-0.4, -0.2) is 22.4 Å². The van der Waals surface area contributed by atoms with Crippen LogP contribution in [0.2, 0.25) is 0 Å². The lowest BCUT2D eigenvalue weighted by Gasteiger charge is -2.12. The van der Waals surface area contributed by atoms with Gasteiger partial charge >= 0.3 is 12.3 Å². The molecular formula is C8H4BrF3INO3. The van der Waals surface area contributed by atoms with E-state index in [-0.39, 0.29) is 14.6 Å². The van der Waals surface area contributed by atoms with Gasteiger partial charge in [0.15, 0.2) is 0 Å². The quantitative estimate of drug-likeness (QED) is 0.597. The minimum Gasteiger partial charge on any atom is -0.477 e.